The molecule has 0 fully saturated rings. The predicted octanol–water partition coefficient (Wildman–Crippen LogP) is 3.50. The Morgan fingerprint density at radius 2 is 1.64 bits per heavy atom. The minimum absolute atomic E-state index is 0.259. The second kappa shape index (κ2) is 7.87. The van der Waals surface area contributed by atoms with Crippen LogP contribution < -0.4 is 4.72 Å². The summed E-state index contributed by atoms with van der Waals surface area (Å²) in [4.78, 5) is 12.1. The van der Waals surface area contributed by atoms with Crippen molar-refractivity contribution in [3.63, 3.8) is 0 Å². The highest BCUT2D eigenvalue weighted by Crippen LogP contribution is 2.25. The molecule has 5 nitrogen and oxygen atoms in total. The standard InChI is InChI=1S/C20H15F2NO4S/c21-18-10-14(13-5-2-1-3-6-13)9-17(20(18)22)19(25)12-23-28(26,27)16-8-4-7-15(24)11-16/h1-11,23-24H,12H2. The first kappa shape index (κ1) is 19.7. The first-order valence-corrected chi connectivity index (χ1v) is 9.62. The third-order valence-corrected chi connectivity index (χ3v) is 5.39. The highest BCUT2D eigenvalue weighted by molar-refractivity contribution is 7.89. The molecule has 0 saturated heterocycles. The van der Waals surface area contributed by atoms with Crippen LogP contribution in [-0.2, 0) is 10.0 Å². The number of Topliss-reactive ketones (excluding diaryl/α,β-unsaturated/α-hetero) is 1. The van der Waals surface area contributed by atoms with E-state index in [1.165, 1.54) is 24.3 Å². The molecule has 8 heteroatoms. The molecule has 0 aromatic heterocycles. The van der Waals surface area contributed by atoms with Crippen molar-refractivity contribution >= 4 is 15.8 Å². The van der Waals surface area contributed by atoms with Crippen LogP contribution in [-0.4, -0.2) is 25.9 Å². The van der Waals surface area contributed by atoms with Gasteiger partial charge in [0, 0.05) is 0 Å². The van der Waals surface area contributed by atoms with Gasteiger partial charge in [-0.3, -0.25) is 4.79 Å². The molecular formula is C20H15F2NO4S. The molecule has 0 unspecified atom stereocenters. The van der Waals surface area contributed by atoms with Crippen LogP contribution in [0.1, 0.15) is 10.4 Å². The molecular weight excluding hydrogens is 388 g/mol. The van der Waals surface area contributed by atoms with E-state index in [0.29, 0.717) is 11.1 Å². The lowest BCUT2D eigenvalue weighted by atomic mass is 10.0. The third-order valence-electron chi connectivity index (χ3n) is 3.99. The minimum Gasteiger partial charge on any atom is -0.508 e. The van der Waals surface area contributed by atoms with Crippen LogP contribution in [0.2, 0.25) is 0 Å². The zero-order valence-electron chi connectivity index (χ0n) is 14.4. The molecule has 2 N–H and O–H groups in total. The molecule has 0 aliphatic heterocycles. The molecule has 0 heterocycles. The second-order valence-corrected chi connectivity index (χ2v) is 7.70. The van der Waals surface area contributed by atoms with Crippen LogP contribution in [0.3, 0.4) is 0 Å². The maximum Gasteiger partial charge on any atom is 0.241 e. The summed E-state index contributed by atoms with van der Waals surface area (Å²) in [6.07, 6.45) is 0. The minimum atomic E-state index is -4.12. The molecule has 144 valence electrons. The number of hydrogen-bond acceptors (Lipinski definition) is 4. The van der Waals surface area contributed by atoms with Gasteiger partial charge < -0.3 is 5.11 Å². The number of aromatic hydroxyl groups is 1. The van der Waals surface area contributed by atoms with Crippen LogP contribution in [0.25, 0.3) is 11.1 Å². The number of phenols is 1. The molecule has 0 amide bonds. The predicted molar refractivity (Wildman–Crippen MR) is 99.4 cm³/mol. The first-order valence-electron chi connectivity index (χ1n) is 8.14. The Kier molecular flexibility index (Phi) is 5.53. The topological polar surface area (TPSA) is 83.5 Å². The van der Waals surface area contributed by atoms with Gasteiger partial charge in [0.15, 0.2) is 17.4 Å². The Balaban J connectivity index is 1.85. The molecule has 0 atom stereocenters. The Morgan fingerprint density at radius 3 is 2.32 bits per heavy atom. The van der Waals surface area contributed by atoms with Crippen LogP contribution in [0, 0.1) is 11.6 Å². The van der Waals surface area contributed by atoms with Gasteiger partial charge in [-0.25, -0.2) is 21.9 Å². The summed E-state index contributed by atoms with van der Waals surface area (Å²) in [7, 11) is -4.12. The maximum absolute atomic E-state index is 14.1. The largest absolute Gasteiger partial charge is 0.508 e. The normalized spacial score (nSPS) is 11.4. The van der Waals surface area contributed by atoms with Crippen LogP contribution in [0.5, 0.6) is 5.75 Å². The number of phenolic OH excluding ortho intramolecular Hbond substituents is 1. The smallest absolute Gasteiger partial charge is 0.241 e. The number of benzene rings is 3. The Labute approximate surface area is 160 Å². The fourth-order valence-corrected chi connectivity index (χ4v) is 3.60. The van der Waals surface area contributed by atoms with E-state index in [0.717, 1.165) is 12.1 Å². The molecule has 0 aliphatic carbocycles. The first-order chi connectivity index (χ1) is 13.3. The van der Waals surface area contributed by atoms with Crippen molar-refractivity contribution in [3.05, 3.63) is 83.9 Å². The SMILES string of the molecule is O=C(CNS(=O)(=O)c1cccc(O)c1)c1cc(-c2ccccc2)cc(F)c1F. The molecule has 0 spiro atoms. The van der Waals surface area contributed by atoms with E-state index in [9.17, 15) is 27.1 Å². The summed E-state index contributed by atoms with van der Waals surface area (Å²) in [5.74, 6) is -3.75. The quantitative estimate of drug-likeness (QED) is 0.617. The van der Waals surface area contributed by atoms with E-state index < -0.39 is 39.5 Å². The maximum atomic E-state index is 14.1. The van der Waals surface area contributed by atoms with Gasteiger partial charge in [0.1, 0.15) is 5.75 Å². The van der Waals surface area contributed by atoms with Crippen molar-refractivity contribution in [3.8, 4) is 16.9 Å². The summed E-state index contributed by atoms with van der Waals surface area (Å²) in [5, 5.41) is 9.39. The summed E-state index contributed by atoms with van der Waals surface area (Å²) >= 11 is 0. The van der Waals surface area contributed by atoms with Crippen LogP contribution in [0.15, 0.2) is 71.6 Å². The van der Waals surface area contributed by atoms with E-state index in [-0.39, 0.29) is 10.6 Å². The van der Waals surface area contributed by atoms with Crippen molar-refractivity contribution in [2.24, 2.45) is 0 Å². The number of nitrogens with one attached hydrogen (secondary N) is 1. The molecule has 3 rings (SSSR count). The molecule has 0 bridgehead atoms. The van der Waals surface area contributed by atoms with Gasteiger partial charge in [-0.15, -0.1) is 0 Å². The van der Waals surface area contributed by atoms with Crippen LogP contribution in [0.4, 0.5) is 8.78 Å². The fourth-order valence-electron chi connectivity index (χ4n) is 2.58. The highest BCUT2D eigenvalue weighted by atomic mass is 32.2. The summed E-state index contributed by atoms with van der Waals surface area (Å²) in [5.41, 5.74) is 0.312. The second-order valence-electron chi connectivity index (χ2n) is 5.93. The highest BCUT2D eigenvalue weighted by Gasteiger charge is 2.21. The number of sulfonamides is 1. The number of carbonyl (C=O) groups excluding carboxylic acids is 1. The zero-order valence-corrected chi connectivity index (χ0v) is 15.2. The van der Waals surface area contributed by atoms with Gasteiger partial charge in [0.25, 0.3) is 0 Å². The van der Waals surface area contributed by atoms with E-state index in [4.69, 9.17) is 0 Å². The third kappa shape index (κ3) is 4.24. The number of carbonyl (C=O) groups is 1. The van der Waals surface area contributed by atoms with E-state index in [1.54, 1.807) is 30.3 Å². The lowest BCUT2D eigenvalue weighted by Crippen LogP contribution is -2.30. The Bertz CT molecular complexity index is 1130. The van der Waals surface area contributed by atoms with Crippen molar-refractivity contribution < 1.29 is 27.1 Å². The summed E-state index contributed by atoms with van der Waals surface area (Å²) < 4.78 is 54.6. The average molecular weight is 403 g/mol. The van der Waals surface area contributed by atoms with Crippen molar-refractivity contribution in [2.45, 2.75) is 4.90 Å². The molecule has 0 radical (unpaired) electrons. The van der Waals surface area contributed by atoms with E-state index in [2.05, 4.69) is 0 Å². The summed E-state index contributed by atoms with van der Waals surface area (Å²) in [6.45, 7) is -0.771. The summed E-state index contributed by atoms with van der Waals surface area (Å²) in [6, 6.07) is 15.5. The fraction of sp³-hybridized carbons (Fsp3) is 0.0500. The molecule has 3 aromatic carbocycles. The van der Waals surface area contributed by atoms with Gasteiger partial charge in [-0.2, -0.15) is 0 Å². The molecule has 0 aliphatic rings. The number of rotatable bonds is 6. The molecule has 3 aromatic rings. The van der Waals surface area contributed by atoms with Gasteiger partial charge in [0.2, 0.25) is 10.0 Å². The van der Waals surface area contributed by atoms with E-state index in [1.807, 2.05) is 4.72 Å². The van der Waals surface area contributed by atoms with Crippen molar-refractivity contribution in [1.82, 2.24) is 4.72 Å². The Morgan fingerprint density at radius 1 is 0.929 bits per heavy atom. The van der Waals surface area contributed by atoms with Crippen LogP contribution >= 0.6 is 0 Å². The van der Waals surface area contributed by atoms with Crippen molar-refractivity contribution in [2.75, 3.05) is 6.54 Å². The van der Waals surface area contributed by atoms with Gasteiger partial charge >= 0.3 is 0 Å². The lowest BCUT2D eigenvalue weighted by Gasteiger charge is -2.10. The number of ketones is 1. The monoisotopic (exact) mass is 403 g/mol. The van der Waals surface area contributed by atoms with E-state index >= 15 is 0 Å². The number of halogens is 2. The number of hydrogen-bond donors (Lipinski definition) is 2. The average Bonchev–Trinajstić information content (AvgIpc) is 2.69. The van der Waals surface area contributed by atoms with Crippen molar-refractivity contribution in [1.29, 1.82) is 0 Å². The van der Waals surface area contributed by atoms with Gasteiger partial charge in [-0.1, -0.05) is 36.4 Å². The Hall–Kier alpha value is -3.10. The lowest BCUT2D eigenvalue weighted by molar-refractivity contribution is 0.0992. The molecule has 0 saturated carbocycles. The zero-order chi connectivity index (χ0) is 20.3. The van der Waals surface area contributed by atoms with Gasteiger partial charge in [0.05, 0.1) is 17.0 Å². The molecule has 28 heavy (non-hydrogen) atoms. The van der Waals surface area contributed by atoms with Gasteiger partial charge in [-0.05, 0) is 41.5 Å².